The van der Waals surface area contributed by atoms with E-state index in [2.05, 4.69) is 33.6 Å². The van der Waals surface area contributed by atoms with E-state index in [1.54, 1.807) is 0 Å². The lowest BCUT2D eigenvalue weighted by Gasteiger charge is -2.17. The van der Waals surface area contributed by atoms with Crippen molar-refractivity contribution in [3.63, 3.8) is 0 Å². The second-order valence-electron chi connectivity index (χ2n) is 4.87. The van der Waals surface area contributed by atoms with Gasteiger partial charge in [-0.25, -0.2) is 4.68 Å². The van der Waals surface area contributed by atoms with E-state index in [0.717, 1.165) is 23.5 Å². The Balaban J connectivity index is 1.90. The van der Waals surface area contributed by atoms with Crippen LogP contribution in [0.3, 0.4) is 0 Å². The Labute approximate surface area is 124 Å². The predicted molar refractivity (Wildman–Crippen MR) is 83.3 cm³/mol. The summed E-state index contributed by atoms with van der Waals surface area (Å²) in [6.07, 6.45) is 4.50. The van der Waals surface area contributed by atoms with Crippen molar-refractivity contribution in [3.8, 4) is 5.69 Å². The summed E-state index contributed by atoms with van der Waals surface area (Å²) in [6, 6.07) is 18.4. The molecule has 0 saturated carbocycles. The molecule has 1 aromatic carbocycles. The minimum absolute atomic E-state index is 0.169. The highest BCUT2D eigenvalue weighted by Gasteiger charge is 2.16. The number of aromatic nitrogens is 3. The fourth-order valence-corrected chi connectivity index (χ4v) is 2.44. The van der Waals surface area contributed by atoms with Gasteiger partial charge in [0.25, 0.3) is 0 Å². The van der Waals surface area contributed by atoms with Crippen LogP contribution >= 0.6 is 0 Å². The van der Waals surface area contributed by atoms with Gasteiger partial charge in [-0.2, -0.15) is 5.10 Å². The summed E-state index contributed by atoms with van der Waals surface area (Å²) in [6.45, 7) is 0. The first-order valence-corrected chi connectivity index (χ1v) is 7.05. The number of benzene rings is 1. The van der Waals surface area contributed by atoms with Crippen molar-refractivity contribution in [2.45, 2.75) is 12.5 Å². The SMILES string of the molecule is CNC(Cc1ccccn1)c1ccnn1-c1ccccc1. The Morgan fingerprint density at radius 3 is 2.52 bits per heavy atom. The summed E-state index contributed by atoms with van der Waals surface area (Å²) in [4.78, 5) is 4.41. The quantitative estimate of drug-likeness (QED) is 0.780. The summed E-state index contributed by atoms with van der Waals surface area (Å²) < 4.78 is 1.98. The Bertz CT molecular complexity index is 676. The summed E-state index contributed by atoms with van der Waals surface area (Å²) >= 11 is 0. The Morgan fingerprint density at radius 1 is 1.00 bits per heavy atom. The lowest BCUT2D eigenvalue weighted by atomic mass is 10.1. The maximum absolute atomic E-state index is 4.45. The normalized spacial score (nSPS) is 12.2. The van der Waals surface area contributed by atoms with Gasteiger partial charge in [-0.05, 0) is 37.4 Å². The molecule has 1 atom stereocenters. The van der Waals surface area contributed by atoms with Crippen LogP contribution in [0.2, 0.25) is 0 Å². The molecule has 0 radical (unpaired) electrons. The largest absolute Gasteiger partial charge is 0.311 e. The topological polar surface area (TPSA) is 42.7 Å². The minimum atomic E-state index is 0.169. The van der Waals surface area contributed by atoms with Gasteiger partial charge in [0, 0.05) is 24.5 Å². The second-order valence-corrected chi connectivity index (χ2v) is 4.87. The minimum Gasteiger partial charge on any atom is -0.311 e. The molecule has 2 aromatic heterocycles. The van der Waals surface area contributed by atoms with Crippen LogP contribution in [-0.2, 0) is 6.42 Å². The first kappa shape index (κ1) is 13.5. The van der Waals surface area contributed by atoms with Crippen molar-refractivity contribution < 1.29 is 0 Å². The molecule has 3 aromatic rings. The highest BCUT2D eigenvalue weighted by molar-refractivity contribution is 5.33. The Kier molecular flexibility index (Phi) is 4.07. The van der Waals surface area contributed by atoms with Crippen molar-refractivity contribution >= 4 is 0 Å². The van der Waals surface area contributed by atoms with Crippen molar-refractivity contribution in [2.24, 2.45) is 0 Å². The smallest absolute Gasteiger partial charge is 0.0649 e. The van der Waals surface area contributed by atoms with Gasteiger partial charge in [0.15, 0.2) is 0 Å². The monoisotopic (exact) mass is 278 g/mol. The van der Waals surface area contributed by atoms with E-state index in [1.165, 1.54) is 0 Å². The standard InChI is InChI=1S/C17H18N4/c1-18-16(13-14-7-5-6-11-19-14)17-10-12-20-21(17)15-8-3-2-4-9-15/h2-12,16,18H,13H2,1H3. The molecule has 0 spiro atoms. The van der Waals surface area contributed by atoms with Gasteiger partial charge in [-0.1, -0.05) is 24.3 Å². The van der Waals surface area contributed by atoms with Crippen LogP contribution in [0.15, 0.2) is 67.0 Å². The molecule has 21 heavy (non-hydrogen) atoms. The number of nitrogens with one attached hydrogen (secondary N) is 1. The maximum Gasteiger partial charge on any atom is 0.0649 e. The van der Waals surface area contributed by atoms with Crippen LogP contribution in [0.1, 0.15) is 17.4 Å². The highest BCUT2D eigenvalue weighted by Crippen LogP contribution is 2.20. The summed E-state index contributed by atoms with van der Waals surface area (Å²) in [5.41, 5.74) is 3.27. The molecule has 2 heterocycles. The number of para-hydroxylation sites is 1. The lowest BCUT2D eigenvalue weighted by molar-refractivity contribution is 0.549. The van der Waals surface area contributed by atoms with Crippen molar-refractivity contribution in [1.82, 2.24) is 20.1 Å². The summed E-state index contributed by atoms with van der Waals surface area (Å²) in [5, 5.41) is 7.82. The van der Waals surface area contributed by atoms with E-state index in [4.69, 9.17) is 0 Å². The lowest BCUT2D eigenvalue weighted by Crippen LogP contribution is -2.22. The summed E-state index contributed by atoms with van der Waals surface area (Å²) in [5.74, 6) is 0. The number of hydrogen-bond donors (Lipinski definition) is 1. The molecule has 0 bridgehead atoms. The van der Waals surface area contributed by atoms with Crippen molar-refractivity contribution in [1.29, 1.82) is 0 Å². The Hall–Kier alpha value is -2.46. The number of likely N-dealkylation sites (N-methyl/N-ethyl adjacent to an activating group) is 1. The van der Waals surface area contributed by atoms with Gasteiger partial charge >= 0.3 is 0 Å². The van der Waals surface area contributed by atoms with E-state index >= 15 is 0 Å². The van der Waals surface area contributed by atoms with Crippen LogP contribution < -0.4 is 5.32 Å². The predicted octanol–water partition coefficient (Wildman–Crippen LogP) is 2.77. The fraction of sp³-hybridized carbons (Fsp3) is 0.176. The molecule has 0 aliphatic carbocycles. The molecule has 0 amide bonds. The van der Waals surface area contributed by atoms with Crippen LogP contribution in [0, 0.1) is 0 Å². The third-order valence-electron chi connectivity index (χ3n) is 3.52. The maximum atomic E-state index is 4.45. The van der Waals surface area contributed by atoms with E-state index in [1.807, 2.05) is 60.5 Å². The number of hydrogen-bond acceptors (Lipinski definition) is 3. The molecule has 0 fully saturated rings. The number of nitrogens with zero attached hydrogens (tertiary/aromatic N) is 3. The molecule has 0 saturated heterocycles. The van der Waals surface area contributed by atoms with Gasteiger partial charge in [0.05, 0.1) is 17.4 Å². The third kappa shape index (κ3) is 3.01. The Morgan fingerprint density at radius 2 is 1.81 bits per heavy atom. The molecule has 106 valence electrons. The summed E-state index contributed by atoms with van der Waals surface area (Å²) in [7, 11) is 1.97. The molecule has 1 N–H and O–H groups in total. The zero-order valence-electron chi connectivity index (χ0n) is 12.0. The van der Waals surface area contributed by atoms with Gasteiger partial charge < -0.3 is 5.32 Å². The first-order chi connectivity index (χ1) is 10.4. The van der Waals surface area contributed by atoms with Crippen LogP contribution in [0.4, 0.5) is 0 Å². The van der Waals surface area contributed by atoms with Gasteiger partial charge in [0.2, 0.25) is 0 Å². The fourth-order valence-electron chi connectivity index (χ4n) is 2.44. The van der Waals surface area contributed by atoms with Crippen LogP contribution in [0.25, 0.3) is 5.69 Å². The molecular weight excluding hydrogens is 260 g/mol. The average Bonchev–Trinajstić information content (AvgIpc) is 3.04. The van der Waals surface area contributed by atoms with E-state index < -0.39 is 0 Å². The van der Waals surface area contributed by atoms with Crippen LogP contribution in [-0.4, -0.2) is 21.8 Å². The van der Waals surface area contributed by atoms with E-state index in [9.17, 15) is 0 Å². The molecule has 4 nitrogen and oxygen atoms in total. The molecule has 0 aliphatic rings. The highest BCUT2D eigenvalue weighted by atomic mass is 15.3. The zero-order chi connectivity index (χ0) is 14.5. The number of pyridine rings is 1. The molecule has 3 rings (SSSR count). The zero-order valence-corrected chi connectivity index (χ0v) is 12.0. The molecule has 0 aliphatic heterocycles. The van der Waals surface area contributed by atoms with Crippen molar-refractivity contribution in [2.75, 3.05) is 7.05 Å². The molecular formula is C17H18N4. The molecule has 1 unspecified atom stereocenters. The van der Waals surface area contributed by atoms with E-state index in [-0.39, 0.29) is 6.04 Å². The van der Waals surface area contributed by atoms with Crippen LogP contribution in [0.5, 0.6) is 0 Å². The van der Waals surface area contributed by atoms with Gasteiger partial charge in [0.1, 0.15) is 0 Å². The number of rotatable bonds is 5. The second kappa shape index (κ2) is 6.33. The third-order valence-corrected chi connectivity index (χ3v) is 3.52. The van der Waals surface area contributed by atoms with Gasteiger partial charge in [-0.15, -0.1) is 0 Å². The average molecular weight is 278 g/mol. The van der Waals surface area contributed by atoms with Crippen molar-refractivity contribution in [3.05, 3.63) is 78.4 Å². The van der Waals surface area contributed by atoms with E-state index in [0.29, 0.717) is 0 Å². The van der Waals surface area contributed by atoms with Gasteiger partial charge in [-0.3, -0.25) is 4.98 Å². The first-order valence-electron chi connectivity index (χ1n) is 7.05. The molecule has 4 heteroatoms.